The van der Waals surface area contributed by atoms with E-state index in [1.165, 1.54) is 13.2 Å². The zero-order chi connectivity index (χ0) is 18.0. The van der Waals surface area contributed by atoms with Crippen molar-refractivity contribution in [3.63, 3.8) is 0 Å². The molecule has 0 aliphatic heterocycles. The summed E-state index contributed by atoms with van der Waals surface area (Å²) in [6.45, 7) is 2.00. The molecule has 1 aliphatic carbocycles. The molecule has 2 aromatic rings. The number of benzene rings is 2. The lowest BCUT2D eigenvalue weighted by molar-refractivity contribution is 0.354. The smallest absolute Gasteiger partial charge is 0.200 e. The first-order chi connectivity index (χ1) is 12.0. The maximum absolute atomic E-state index is 14.3. The van der Waals surface area contributed by atoms with Crippen LogP contribution < -0.4 is 4.74 Å². The summed E-state index contributed by atoms with van der Waals surface area (Å²) in [7, 11) is 1.32. The normalized spacial score (nSPS) is 20.5. The van der Waals surface area contributed by atoms with E-state index in [4.69, 9.17) is 4.74 Å². The topological polar surface area (TPSA) is 9.23 Å². The third kappa shape index (κ3) is 3.53. The van der Waals surface area contributed by atoms with E-state index in [0.29, 0.717) is 5.56 Å². The maximum Gasteiger partial charge on any atom is 0.200 e. The number of aryl methyl sites for hydroxylation is 1. The molecule has 3 rings (SSSR count). The van der Waals surface area contributed by atoms with Gasteiger partial charge in [0.1, 0.15) is 5.82 Å². The van der Waals surface area contributed by atoms with Crippen molar-refractivity contribution < 1.29 is 17.9 Å². The molecule has 0 spiro atoms. The van der Waals surface area contributed by atoms with E-state index in [1.54, 1.807) is 12.1 Å². The Hall–Kier alpha value is -1.97. The molecular formula is C21H23F3O. The van der Waals surface area contributed by atoms with Crippen molar-refractivity contribution in [3.8, 4) is 5.75 Å². The highest BCUT2D eigenvalue weighted by molar-refractivity contribution is 5.34. The number of ether oxygens (including phenoxy) is 1. The zero-order valence-corrected chi connectivity index (χ0v) is 14.6. The average Bonchev–Trinajstić information content (AvgIpc) is 2.64. The molecule has 1 fully saturated rings. The van der Waals surface area contributed by atoms with Crippen LogP contribution in [0.2, 0.25) is 0 Å². The minimum absolute atomic E-state index is 0.0327. The fraction of sp³-hybridized carbons (Fsp3) is 0.429. The van der Waals surface area contributed by atoms with E-state index in [2.05, 4.69) is 0 Å². The molecule has 4 heteroatoms. The van der Waals surface area contributed by atoms with Gasteiger partial charge in [0.25, 0.3) is 0 Å². The lowest BCUT2D eigenvalue weighted by Gasteiger charge is -2.29. The number of hydrogen-bond donors (Lipinski definition) is 0. The van der Waals surface area contributed by atoms with Crippen LogP contribution in [0.1, 0.15) is 61.1 Å². The first-order valence-corrected chi connectivity index (χ1v) is 8.85. The van der Waals surface area contributed by atoms with E-state index in [0.717, 1.165) is 43.2 Å². The van der Waals surface area contributed by atoms with Gasteiger partial charge in [-0.15, -0.1) is 0 Å². The van der Waals surface area contributed by atoms with Gasteiger partial charge in [-0.1, -0.05) is 25.1 Å². The Bertz CT molecular complexity index is 749. The summed E-state index contributed by atoms with van der Waals surface area (Å²) < 4.78 is 47.4. The van der Waals surface area contributed by atoms with Crippen LogP contribution in [0.4, 0.5) is 13.2 Å². The molecule has 0 saturated heterocycles. The van der Waals surface area contributed by atoms with Gasteiger partial charge in [-0.2, -0.15) is 4.39 Å². The second kappa shape index (κ2) is 7.51. The number of rotatable bonds is 4. The monoisotopic (exact) mass is 348 g/mol. The van der Waals surface area contributed by atoms with Crippen LogP contribution in [0.25, 0.3) is 0 Å². The Balaban J connectivity index is 1.73. The first-order valence-electron chi connectivity index (χ1n) is 8.85. The van der Waals surface area contributed by atoms with Crippen LogP contribution in [0.3, 0.4) is 0 Å². The summed E-state index contributed by atoms with van der Waals surface area (Å²) >= 11 is 0. The quantitative estimate of drug-likeness (QED) is 0.647. The van der Waals surface area contributed by atoms with Crippen molar-refractivity contribution in [2.45, 2.75) is 50.9 Å². The van der Waals surface area contributed by atoms with Crippen molar-refractivity contribution in [1.82, 2.24) is 0 Å². The standard InChI is InChI=1S/C21H23F3O/c1-3-13-4-9-16(18(22)12-13)14-5-7-15(8-6-14)17-10-11-19(25-2)21(24)20(17)23/h4,9-12,14-15H,3,5-8H2,1-2H3. The van der Waals surface area contributed by atoms with Crippen LogP contribution in [0.15, 0.2) is 30.3 Å². The second-order valence-corrected chi connectivity index (χ2v) is 6.74. The highest BCUT2D eigenvalue weighted by Crippen LogP contribution is 2.42. The van der Waals surface area contributed by atoms with Crippen LogP contribution in [0, 0.1) is 17.5 Å². The molecule has 0 unspecified atom stereocenters. The van der Waals surface area contributed by atoms with Gasteiger partial charge < -0.3 is 4.74 Å². The molecular weight excluding hydrogens is 325 g/mol. The Labute approximate surface area is 146 Å². The molecule has 1 aliphatic rings. The van der Waals surface area contributed by atoms with Gasteiger partial charge in [0, 0.05) is 0 Å². The lowest BCUT2D eigenvalue weighted by atomic mass is 9.76. The van der Waals surface area contributed by atoms with Gasteiger partial charge in [-0.3, -0.25) is 0 Å². The third-order valence-electron chi connectivity index (χ3n) is 5.38. The van der Waals surface area contributed by atoms with Crippen molar-refractivity contribution >= 4 is 0 Å². The van der Waals surface area contributed by atoms with Crippen molar-refractivity contribution in [3.05, 3.63) is 64.5 Å². The lowest BCUT2D eigenvalue weighted by Crippen LogP contribution is -2.15. The Kier molecular flexibility index (Phi) is 5.36. The van der Waals surface area contributed by atoms with Crippen molar-refractivity contribution in [2.75, 3.05) is 7.11 Å². The van der Waals surface area contributed by atoms with Crippen LogP contribution >= 0.6 is 0 Å². The molecule has 0 amide bonds. The fourth-order valence-electron chi connectivity index (χ4n) is 3.86. The molecule has 2 aromatic carbocycles. The van der Waals surface area contributed by atoms with E-state index < -0.39 is 11.6 Å². The number of methoxy groups -OCH3 is 1. The molecule has 1 nitrogen and oxygen atoms in total. The van der Waals surface area contributed by atoms with E-state index in [1.807, 2.05) is 19.1 Å². The van der Waals surface area contributed by atoms with Gasteiger partial charge >= 0.3 is 0 Å². The fourth-order valence-corrected chi connectivity index (χ4v) is 3.86. The SMILES string of the molecule is CCc1ccc(C2CCC(c3ccc(OC)c(F)c3F)CC2)c(F)c1. The van der Waals surface area contributed by atoms with Crippen LogP contribution in [-0.2, 0) is 6.42 Å². The average molecular weight is 348 g/mol. The molecule has 0 heterocycles. The third-order valence-corrected chi connectivity index (χ3v) is 5.38. The van der Waals surface area contributed by atoms with Crippen molar-refractivity contribution in [1.29, 1.82) is 0 Å². The van der Waals surface area contributed by atoms with Gasteiger partial charge in [-0.05, 0) is 72.8 Å². The second-order valence-electron chi connectivity index (χ2n) is 6.74. The van der Waals surface area contributed by atoms with Gasteiger partial charge in [0.05, 0.1) is 7.11 Å². The van der Waals surface area contributed by atoms with Gasteiger partial charge in [0.15, 0.2) is 11.6 Å². The predicted molar refractivity (Wildman–Crippen MR) is 92.6 cm³/mol. The summed E-state index contributed by atoms with van der Waals surface area (Å²) in [4.78, 5) is 0. The highest BCUT2D eigenvalue weighted by atomic mass is 19.2. The van der Waals surface area contributed by atoms with E-state index in [9.17, 15) is 13.2 Å². The predicted octanol–water partition coefficient (Wildman–Crippen LogP) is 6.12. The summed E-state index contributed by atoms with van der Waals surface area (Å²) in [6, 6.07) is 8.55. The minimum Gasteiger partial charge on any atom is -0.494 e. The van der Waals surface area contributed by atoms with Gasteiger partial charge in [0.2, 0.25) is 5.82 Å². The molecule has 0 N–H and O–H groups in total. The van der Waals surface area contributed by atoms with E-state index >= 15 is 0 Å². The minimum atomic E-state index is -0.927. The summed E-state index contributed by atoms with van der Waals surface area (Å²) in [5.41, 5.74) is 2.14. The molecule has 0 atom stereocenters. The molecule has 0 bridgehead atoms. The van der Waals surface area contributed by atoms with Crippen LogP contribution in [-0.4, -0.2) is 7.11 Å². The highest BCUT2D eigenvalue weighted by Gasteiger charge is 2.28. The largest absolute Gasteiger partial charge is 0.494 e. The first kappa shape index (κ1) is 17.8. The number of halogens is 3. The summed E-state index contributed by atoms with van der Waals surface area (Å²) in [5.74, 6) is -1.86. The van der Waals surface area contributed by atoms with E-state index in [-0.39, 0.29) is 23.4 Å². The Morgan fingerprint density at radius 1 is 0.880 bits per heavy atom. The summed E-state index contributed by atoms with van der Waals surface area (Å²) in [5, 5.41) is 0. The van der Waals surface area contributed by atoms with Gasteiger partial charge in [-0.25, -0.2) is 8.78 Å². The van der Waals surface area contributed by atoms with Crippen molar-refractivity contribution in [2.24, 2.45) is 0 Å². The Morgan fingerprint density at radius 3 is 2.04 bits per heavy atom. The molecule has 0 radical (unpaired) electrons. The maximum atomic E-state index is 14.3. The zero-order valence-electron chi connectivity index (χ0n) is 14.6. The molecule has 1 saturated carbocycles. The molecule has 25 heavy (non-hydrogen) atoms. The number of hydrogen-bond acceptors (Lipinski definition) is 1. The Morgan fingerprint density at radius 2 is 1.48 bits per heavy atom. The summed E-state index contributed by atoms with van der Waals surface area (Å²) in [6.07, 6.45) is 3.82. The molecule has 0 aromatic heterocycles. The molecule has 134 valence electrons. The van der Waals surface area contributed by atoms with Crippen LogP contribution in [0.5, 0.6) is 5.75 Å².